The summed E-state index contributed by atoms with van der Waals surface area (Å²) in [5.41, 5.74) is 0.796. The molecule has 0 saturated carbocycles. The molecule has 4 nitrogen and oxygen atoms in total. The summed E-state index contributed by atoms with van der Waals surface area (Å²) in [6, 6.07) is 0. The van der Waals surface area contributed by atoms with Crippen LogP contribution in [0.4, 0.5) is 0 Å². The lowest BCUT2D eigenvalue weighted by molar-refractivity contribution is 0.00578. The molecule has 1 saturated heterocycles. The number of hydrogen-bond donors (Lipinski definition) is 0. The minimum Gasteiger partial charge on any atom is -0.400 e. The highest BCUT2D eigenvalue weighted by atomic mass is 16.7. The monoisotopic (exact) mass is 267 g/mol. The minimum absolute atomic E-state index is 0.172. The van der Waals surface area contributed by atoms with Gasteiger partial charge in [-0.3, -0.25) is 4.90 Å². The fourth-order valence-corrected chi connectivity index (χ4v) is 2.36. The average molecular weight is 267 g/mol. The van der Waals surface area contributed by atoms with Gasteiger partial charge in [-0.15, -0.1) is 0 Å². The molecule has 5 heteroatoms. The summed E-state index contributed by atoms with van der Waals surface area (Å²) in [5, 5.41) is 0. The van der Waals surface area contributed by atoms with Gasteiger partial charge in [0.15, 0.2) is 0 Å². The Morgan fingerprint density at radius 1 is 1.26 bits per heavy atom. The van der Waals surface area contributed by atoms with Crippen LogP contribution in [-0.4, -0.2) is 56.6 Å². The highest BCUT2D eigenvalue weighted by Gasteiger charge is 2.52. The second-order valence-corrected chi connectivity index (χ2v) is 6.41. The molecular weight excluding hydrogens is 241 g/mol. The molecule has 0 aromatic heterocycles. The number of rotatable bonds is 4. The third-order valence-corrected chi connectivity index (χ3v) is 4.50. The molecule has 108 valence electrons. The van der Waals surface area contributed by atoms with Crippen LogP contribution in [0.25, 0.3) is 0 Å². The standard InChI is InChI=1S/C14H26BNO3/c1-13(2)14(3,4)19-15(18-13)12-6-8-16(9-7-12)10-11-17-5/h6H,7-11H2,1-5H3. The first-order valence-corrected chi connectivity index (χ1v) is 7.11. The lowest BCUT2D eigenvalue weighted by Gasteiger charge is -2.32. The summed E-state index contributed by atoms with van der Waals surface area (Å²) in [4.78, 5) is 2.39. The van der Waals surface area contributed by atoms with Crippen LogP contribution in [0.3, 0.4) is 0 Å². The second-order valence-electron chi connectivity index (χ2n) is 6.41. The quantitative estimate of drug-likeness (QED) is 0.728. The van der Waals surface area contributed by atoms with Crippen LogP contribution in [0, 0.1) is 0 Å². The molecule has 0 radical (unpaired) electrons. The molecule has 0 aliphatic carbocycles. The van der Waals surface area contributed by atoms with E-state index < -0.39 is 0 Å². The maximum Gasteiger partial charge on any atom is 0.490 e. The molecular formula is C14H26BNO3. The predicted molar refractivity (Wildman–Crippen MR) is 77.1 cm³/mol. The van der Waals surface area contributed by atoms with Crippen LogP contribution in [0.15, 0.2) is 11.5 Å². The Morgan fingerprint density at radius 2 is 1.89 bits per heavy atom. The Balaban J connectivity index is 1.93. The van der Waals surface area contributed by atoms with Gasteiger partial charge in [-0.2, -0.15) is 0 Å². The molecule has 19 heavy (non-hydrogen) atoms. The first kappa shape index (κ1) is 15.0. The molecule has 2 heterocycles. The van der Waals surface area contributed by atoms with Gasteiger partial charge < -0.3 is 14.0 Å². The minimum atomic E-state index is -0.244. The van der Waals surface area contributed by atoms with E-state index in [1.54, 1.807) is 7.11 Å². The van der Waals surface area contributed by atoms with Crippen molar-refractivity contribution in [3.63, 3.8) is 0 Å². The fourth-order valence-electron chi connectivity index (χ4n) is 2.36. The van der Waals surface area contributed by atoms with Crippen molar-refractivity contribution < 1.29 is 14.0 Å². The van der Waals surface area contributed by atoms with E-state index in [1.165, 1.54) is 5.47 Å². The number of ether oxygens (including phenoxy) is 1. The molecule has 1 fully saturated rings. The molecule has 0 N–H and O–H groups in total. The Morgan fingerprint density at radius 3 is 2.37 bits per heavy atom. The Bertz CT molecular complexity index is 339. The summed E-state index contributed by atoms with van der Waals surface area (Å²) >= 11 is 0. The van der Waals surface area contributed by atoms with Crippen LogP contribution in [-0.2, 0) is 14.0 Å². The molecule has 2 aliphatic rings. The van der Waals surface area contributed by atoms with E-state index in [-0.39, 0.29) is 18.3 Å². The van der Waals surface area contributed by atoms with Crippen LogP contribution < -0.4 is 0 Å². The third-order valence-electron chi connectivity index (χ3n) is 4.50. The van der Waals surface area contributed by atoms with E-state index in [1.807, 2.05) is 0 Å². The van der Waals surface area contributed by atoms with Gasteiger partial charge in [-0.1, -0.05) is 6.08 Å². The summed E-state index contributed by atoms with van der Waals surface area (Å²) < 4.78 is 17.3. The van der Waals surface area contributed by atoms with Crippen molar-refractivity contribution in [3.05, 3.63) is 11.5 Å². The summed E-state index contributed by atoms with van der Waals surface area (Å²) in [6.07, 6.45) is 3.27. The molecule has 0 amide bonds. The van der Waals surface area contributed by atoms with Crippen LogP contribution in [0.1, 0.15) is 34.1 Å². The summed E-state index contributed by atoms with van der Waals surface area (Å²) in [7, 11) is 1.57. The summed E-state index contributed by atoms with van der Waals surface area (Å²) in [6.45, 7) is 12.2. The maximum absolute atomic E-state index is 6.09. The van der Waals surface area contributed by atoms with Gasteiger partial charge in [0, 0.05) is 26.7 Å². The average Bonchev–Trinajstić information content (AvgIpc) is 2.56. The maximum atomic E-state index is 6.09. The van der Waals surface area contributed by atoms with Crippen molar-refractivity contribution in [3.8, 4) is 0 Å². The van der Waals surface area contributed by atoms with E-state index >= 15 is 0 Å². The SMILES string of the molecule is COCCN1CC=C(B2OC(C)(C)C(C)(C)O2)CC1. The Labute approximate surface area is 117 Å². The van der Waals surface area contributed by atoms with Crippen molar-refractivity contribution in [1.29, 1.82) is 0 Å². The van der Waals surface area contributed by atoms with Gasteiger partial charge in [-0.25, -0.2) is 0 Å². The van der Waals surface area contributed by atoms with E-state index in [0.29, 0.717) is 0 Å². The largest absolute Gasteiger partial charge is 0.490 e. The smallest absolute Gasteiger partial charge is 0.400 e. The van der Waals surface area contributed by atoms with Crippen molar-refractivity contribution in [2.45, 2.75) is 45.3 Å². The molecule has 0 unspecified atom stereocenters. The predicted octanol–water partition coefficient (Wildman–Crippen LogP) is 1.90. The van der Waals surface area contributed by atoms with Gasteiger partial charge >= 0.3 is 7.12 Å². The van der Waals surface area contributed by atoms with E-state index in [9.17, 15) is 0 Å². The molecule has 2 aliphatic heterocycles. The molecule has 0 atom stereocenters. The first-order valence-electron chi connectivity index (χ1n) is 7.11. The van der Waals surface area contributed by atoms with Gasteiger partial charge in [0.1, 0.15) is 0 Å². The van der Waals surface area contributed by atoms with Crippen molar-refractivity contribution >= 4 is 7.12 Å². The third kappa shape index (κ3) is 3.22. The van der Waals surface area contributed by atoms with Gasteiger partial charge in [0.2, 0.25) is 0 Å². The molecule has 0 aromatic rings. The van der Waals surface area contributed by atoms with Crippen molar-refractivity contribution in [1.82, 2.24) is 4.90 Å². The zero-order chi connectivity index (χ0) is 14.1. The van der Waals surface area contributed by atoms with Crippen LogP contribution in [0.2, 0.25) is 0 Å². The lowest BCUT2D eigenvalue weighted by Crippen LogP contribution is -2.41. The van der Waals surface area contributed by atoms with Crippen LogP contribution >= 0.6 is 0 Å². The number of hydrogen-bond acceptors (Lipinski definition) is 4. The second kappa shape index (κ2) is 5.56. The molecule has 2 rings (SSSR count). The van der Waals surface area contributed by atoms with Gasteiger partial charge in [-0.05, 0) is 39.6 Å². The van der Waals surface area contributed by atoms with E-state index in [0.717, 1.165) is 32.7 Å². The van der Waals surface area contributed by atoms with Gasteiger partial charge in [0.05, 0.1) is 17.8 Å². The first-order chi connectivity index (χ1) is 8.86. The fraction of sp³-hybridized carbons (Fsp3) is 0.857. The lowest BCUT2D eigenvalue weighted by atomic mass is 9.75. The Kier molecular flexibility index (Phi) is 4.40. The topological polar surface area (TPSA) is 30.9 Å². The van der Waals surface area contributed by atoms with Crippen molar-refractivity contribution in [2.75, 3.05) is 33.4 Å². The molecule has 0 spiro atoms. The zero-order valence-electron chi connectivity index (χ0n) is 12.9. The highest BCUT2D eigenvalue weighted by Crippen LogP contribution is 2.39. The molecule has 0 aromatic carbocycles. The number of methoxy groups -OCH3 is 1. The Hall–Kier alpha value is -0.355. The van der Waals surface area contributed by atoms with E-state index in [4.69, 9.17) is 14.0 Å². The van der Waals surface area contributed by atoms with E-state index in [2.05, 4.69) is 38.7 Å². The normalized spacial score (nSPS) is 26.6. The van der Waals surface area contributed by atoms with Crippen LogP contribution in [0.5, 0.6) is 0 Å². The van der Waals surface area contributed by atoms with Crippen molar-refractivity contribution in [2.24, 2.45) is 0 Å². The van der Waals surface area contributed by atoms with Gasteiger partial charge in [0.25, 0.3) is 0 Å². The molecule has 0 bridgehead atoms. The highest BCUT2D eigenvalue weighted by molar-refractivity contribution is 6.54. The zero-order valence-corrected chi connectivity index (χ0v) is 12.9. The number of nitrogens with zero attached hydrogens (tertiary/aromatic N) is 1. The summed E-state index contributed by atoms with van der Waals surface area (Å²) in [5.74, 6) is 0.